The number of carbonyl (C=O) groups is 1. The van der Waals surface area contributed by atoms with Crippen LogP contribution in [0.25, 0.3) is 0 Å². The van der Waals surface area contributed by atoms with Crippen molar-refractivity contribution < 1.29 is 9.53 Å². The average Bonchev–Trinajstić information content (AvgIpc) is 2.67. The number of fused-ring (bicyclic) bond motifs is 1. The summed E-state index contributed by atoms with van der Waals surface area (Å²) in [5.74, 6) is 0.903. The molecule has 1 aliphatic heterocycles. The number of hydrogen-bond acceptors (Lipinski definition) is 4. The summed E-state index contributed by atoms with van der Waals surface area (Å²) >= 11 is 0. The molecule has 0 aromatic heterocycles. The Bertz CT molecular complexity index is 705. The predicted molar refractivity (Wildman–Crippen MR) is 103 cm³/mol. The van der Waals surface area contributed by atoms with E-state index in [1.807, 2.05) is 42.5 Å². The van der Waals surface area contributed by atoms with Gasteiger partial charge in [0.1, 0.15) is 5.75 Å². The van der Waals surface area contributed by atoms with Crippen molar-refractivity contribution in [1.82, 2.24) is 10.2 Å². The Kier molecular flexibility index (Phi) is 6.63. The third-order valence-electron chi connectivity index (χ3n) is 4.67. The largest absolute Gasteiger partial charge is 0.493 e. The van der Waals surface area contributed by atoms with E-state index in [4.69, 9.17) is 10.5 Å². The van der Waals surface area contributed by atoms with Gasteiger partial charge in [0.05, 0.1) is 19.2 Å². The summed E-state index contributed by atoms with van der Waals surface area (Å²) in [5.41, 5.74) is 8.06. The zero-order valence-electron chi connectivity index (χ0n) is 15.1. The third kappa shape index (κ3) is 5.07. The summed E-state index contributed by atoms with van der Waals surface area (Å²) in [6, 6.07) is 18.2. The molecule has 138 valence electrons. The van der Waals surface area contributed by atoms with Gasteiger partial charge in [-0.2, -0.15) is 0 Å². The summed E-state index contributed by atoms with van der Waals surface area (Å²) in [5, 5.41) is 3.16. The fourth-order valence-corrected chi connectivity index (χ4v) is 3.32. The minimum atomic E-state index is 0.0151. The van der Waals surface area contributed by atoms with Crippen molar-refractivity contribution in [2.24, 2.45) is 5.73 Å². The zero-order valence-corrected chi connectivity index (χ0v) is 15.1. The molecule has 2 aromatic carbocycles. The number of rotatable bonds is 8. The normalized spacial score (nSPS) is 16.0. The molecule has 0 radical (unpaired) electrons. The molecule has 0 spiro atoms. The van der Waals surface area contributed by atoms with E-state index in [-0.39, 0.29) is 11.9 Å². The van der Waals surface area contributed by atoms with Crippen molar-refractivity contribution in [1.29, 1.82) is 0 Å². The molecule has 1 heterocycles. The van der Waals surface area contributed by atoms with Gasteiger partial charge >= 0.3 is 0 Å². The Hall–Kier alpha value is -2.37. The minimum Gasteiger partial charge on any atom is -0.493 e. The standard InChI is InChI=1S/C21H27N3O2/c22-12-14-24(13-10-17-6-2-1-3-7-17)16-21(25)23-19-11-15-26-20-9-5-4-8-18(19)20/h1-9,19H,10-16,22H2,(H,23,25). The maximum atomic E-state index is 12.6. The van der Waals surface area contributed by atoms with Gasteiger partial charge in [-0.25, -0.2) is 0 Å². The molecular formula is C21H27N3O2. The van der Waals surface area contributed by atoms with Gasteiger partial charge in [0.15, 0.2) is 0 Å². The molecule has 1 unspecified atom stereocenters. The van der Waals surface area contributed by atoms with E-state index in [0.717, 1.165) is 30.7 Å². The lowest BCUT2D eigenvalue weighted by atomic mass is 10.0. The highest BCUT2D eigenvalue weighted by Crippen LogP contribution is 2.31. The number of para-hydroxylation sites is 1. The molecule has 26 heavy (non-hydrogen) atoms. The van der Waals surface area contributed by atoms with Crippen LogP contribution in [0.1, 0.15) is 23.6 Å². The molecule has 5 nitrogen and oxygen atoms in total. The molecule has 0 fully saturated rings. The summed E-state index contributed by atoms with van der Waals surface area (Å²) in [6.45, 7) is 3.07. The van der Waals surface area contributed by atoms with Gasteiger partial charge in [-0.1, -0.05) is 48.5 Å². The highest BCUT2D eigenvalue weighted by molar-refractivity contribution is 5.78. The van der Waals surface area contributed by atoms with Gasteiger partial charge in [0, 0.05) is 31.6 Å². The highest BCUT2D eigenvalue weighted by atomic mass is 16.5. The number of benzene rings is 2. The van der Waals surface area contributed by atoms with Crippen LogP contribution >= 0.6 is 0 Å². The first-order chi connectivity index (χ1) is 12.8. The minimum absolute atomic E-state index is 0.0151. The number of nitrogens with one attached hydrogen (secondary N) is 1. The SMILES string of the molecule is NCCN(CCc1ccccc1)CC(=O)NC1CCOc2ccccc21. The van der Waals surface area contributed by atoms with Crippen LogP contribution in [0, 0.1) is 0 Å². The molecule has 5 heteroatoms. The Morgan fingerprint density at radius 3 is 2.69 bits per heavy atom. The lowest BCUT2D eigenvalue weighted by molar-refractivity contribution is -0.123. The number of carbonyl (C=O) groups excluding carboxylic acids is 1. The molecule has 0 saturated heterocycles. The Morgan fingerprint density at radius 1 is 1.12 bits per heavy atom. The predicted octanol–water partition coefficient (Wildman–Crippen LogP) is 2.13. The van der Waals surface area contributed by atoms with Crippen LogP contribution in [-0.4, -0.2) is 43.6 Å². The number of nitrogens with two attached hydrogens (primary N) is 1. The fourth-order valence-electron chi connectivity index (χ4n) is 3.32. The van der Waals surface area contributed by atoms with E-state index in [1.54, 1.807) is 0 Å². The van der Waals surface area contributed by atoms with Crippen LogP contribution < -0.4 is 15.8 Å². The van der Waals surface area contributed by atoms with Gasteiger partial charge < -0.3 is 15.8 Å². The van der Waals surface area contributed by atoms with Crippen molar-refractivity contribution >= 4 is 5.91 Å². The second-order valence-electron chi connectivity index (χ2n) is 6.60. The quantitative estimate of drug-likeness (QED) is 0.763. The van der Waals surface area contributed by atoms with E-state index < -0.39 is 0 Å². The van der Waals surface area contributed by atoms with Crippen LogP contribution in [0.3, 0.4) is 0 Å². The molecule has 1 amide bonds. The lowest BCUT2D eigenvalue weighted by Gasteiger charge is -2.28. The summed E-state index contributed by atoms with van der Waals surface area (Å²) < 4.78 is 5.66. The van der Waals surface area contributed by atoms with Gasteiger partial charge in [0.25, 0.3) is 0 Å². The van der Waals surface area contributed by atoms with E-state index >= 15 is 0 Å². The second-order valence-corrected chi connectivity index (χ2v) is 6.60. The average molecular weight is 353 g/mol. The second kappa shape index (κ2) is 9.36. The molecule has 1 aliphatic rings. The first kappa shape index (κ1) is 18.4. The van der Waals surface area contributed by atoms with Gasteiger partial charge in [-0.3, -0.25) is 9.69 Å². The fraction of sp³-hybridized carbons (Fsp3) is 0.381. The maximum Gasteiger partial charge on any atom is 0.234 e. The van der Waals surface area contributed by atoms with Crippen LogP contribution in [-0.2, 0) is 11.2 Å². The van der Waals surface area contributed by atoms with Crippen molar-refractivity contribution in [2.75, 3.05) is 32.8 Å². The zero-order chi connectivity index (χ0) is 18.2. The lowest BCUT2D eigenvalue weighted by Crippen LogP contribution is -2.42. The molecule has 3 rings (SSSR count). The number of ether oxygens (including phenoxy) is 1. The first-order valence-corrected chi connectivity index (χ1v) is 9.23. The summed E-state index contributed by atoms with van der Waals surface area (Å²) in [7, 11) is 0. The Labute approximate surface area is 155 Å². The van der Waals surface area contributed by atoms with Crippen LogP contribution in [0.2, 0.25) is 0 Å². The third-order valence-corrected chi connectivity index (χ3v) is 4.67. The summed E-state index contributed by atoms with van der Waals surface area (Å²) in [6.07, 6.45) is 1.71. The number of nitrogens with zero attached hydrogens (tertiary/aromatic N) is 1. The molecular weight excluding hydrogens is 326 g/mol. The number of amides is 1. The van der Waals surface area contributed by atoms with Crippen molar-refractivity contribution in [2.45, 2.75) is 18.9 Å². The van der Waals surface area contributed by atoms with Crippen molar-refractivity contribution in [3.63, 3.8) is 0 Å². The number of hydrogen-bond donors (Lipinski definition) is 2. The smallest absolute Gasteiger partial charge is 0.234 e. The maximum absolute atomic E-state index is 12.6. The first-order valence-electron chi connectivity index (χ1n) is 9.23. The van der Waals surface area contributed by atoms with E-state index in [0.29, 0.717) is 26.2 Å². The molecule has 0 saturated carbocycles. The Balaban J connectivity index is 1.55. The van der Waals surface area contributed by atoms with E-state index in [2.05, 4.69) is 22.3 Å². The molecule has 1 atom stereocenters. The van der Waals surface area contributed by atoms with E-state index in [1.165, 1.54) is 5.56 Å². The molecule has 0 bridgehead atoms. The molecule has 2 aromatic rings. The van der Waals surface area contributed by atoms with Crippen LogP contribution in [0.4, 0.5) is 0 Å². The van der Waals surface area contributed by atoms with Gasteiger partial charge in [0.2, 0.25) is 5.91 Å². The molecule has 3 N–H and O–H groups in total. The Morgan fingerprint density at radius 2 is 1.88 bits per heavy atom. The van der Waals surface area contributed by atoms with Crippen molar-refractivity contribution in [3.8, 4) is 5.75 Å². The monoisotopic (exact) mass is 353 g/mol. The van der Waals surface area contributed by atoms with Gasteiger partial charge in [-0.05, 0) is 18.1 Å². The van der Waals surface area contributed by atoms with Crippen molar-refractivity contribution in [3.05, 3.63) is 65.7 Å². The molecule has 0 aliphatic carbocycles. The summed E-state index contributed by atoms with van der Waals surface area (Å²) in [4.78, 5) is 14.7. The van der Waals surface area contributed by atoms with Crippen LogP contribution in [0.15, 0.2) is 54.6 Å². The van der Waals surface area contributed by atoms with Gasteiger partial charge in [-0.15, -0.1) is 0 Å². The topological polar surface area (TPSA) is 67.6 Å². The highest BCUT2D eigenvalue weighted by Gasteiger charge is 2.23. The van der Waals surface area contributed by atoms with Crippen LogP contribution in [0.5, 0.6) is 5.75 Å². The van der Waals surface area contributed by atoms with E-state index in [9.17, 15) is 4.79 Å².